The molecule has 0 aliphatic carbocycles. The summed E-state index contributed by atoms with van der Waals surface area (Å²) in [5, 5.41) is -0.279. The lowest BCUT2D eigenvalue weighted by Crippen LogP contribution is -2.32. The molecule has 3 aromatic carbocycles. The Morgan fingerprint density at radius 1 is 0.882 bits per heavy atom. The minimum Gasteiger partial charge on any atom is -0.491 e. The Morgan fingerprint density at radius 2 is 1.65 bits per heavy atom. The molecule has 0 bridgehead atoms. The quantitative estimate of drug-likeness (QED) is 0.359. The lowest BCUT2D eigenvalue weighted by atomic mass is 10.1. The predicted molar refractivity (Wildman–Crippen MR) is 136 cm³/mol. The van der Waals surface area contributed by atoms with Gasteiger partial charge in [-0.2, -0.15) is 0 Å². The Balaban J connectivity index is 1.34. The van der Waals surface area contributed by atoms with E-state index in [1.807, 2.05) is 74.5 Å². The van der Waals surface area contributed by atoms with Crippen LogP contribution in [0.2, 0.25) is 0 Å². The van der Waals surface area contributed by atoms with Gasteiger partial charge in [-0.3, -0.25) is 14.5 Å². The standard InChI is InChI=1S/C28H27NO4S/c1-19-8-9-21(3)25(16-19)32-15-14-29-27(30)26(34-28(29)31)17-22-10-12-24(13-11-22)33-18-23-7-5-4-6-20(23)2/h4-13,16-17H,14-15,18H2,1-3H3/b26-17-. The monoisotopic (exact) mass is 473 g/mol. The molecule has 0 radical (unpaired) electrons. The number of hydrogen-bond acceptors (Lipinski definition) is 5. The topological polar surface area (TPSA) is 55.8 Å². The fourth-order valence-corrected chi connectivity index (χ4v) is 4.41. The van der Waals surface area contributed by atoms with Gasteiger partial charge in [0.2, 0.25) is 0 Å². The van der Waals surface area contributed by atoms with Crippen molar-refractivity contribution in [3.05, 3.63) is 99.5 Å². The third-order valence-corrected chi connectivity index (χ3v) is 6.53. The number of nitrogens with zero attached hydrogens (tertiary/aromatic N) is 1. The molecular weight excluding hydrogens is 446 g/mol. The summed E-state index contributed by atoms with van der Waals surface area (Å²) in [6, 6.07) is 21.6. The van der Waals surface area contributed by atoms with Gasteiger partial charge in [0.15, 0.2) is 0 Å². The lowest BCUT2D eigenvalue weighted by Gasteiger charge is -2.14. The van der Waals surface area contributed by atoms with Gasteiger partial charge in [0.1, 0.15) is 24.7 Å². The van der Waals surface area contributed by atoms with E-state index in [9.17, 15) is 9.59 Å². The normalized spacial score (nSPS) is 14.7. The molecule has 1 aliphatic rings. The molecular formula is C28H27NO4S. The van der Waals surface area contributed by atoms with Gasteiger partial charge in [-0.1, -0.05) is 48.5 Å². The van der Waals surface area contributed by atoms with Crippen molar-refractivity contribution in [2.24, 2.45) is 0 Å². The largest absolute Gasteiger partial charge is 0.491 e. The van der Waals surface area contributed by atoms with Crippen molar-refractivity contribution in [2.45, 2.75) is 27.4 Å². The van der Waals surface area contributed by atoms with Crippen molar-refractivity contribution in [3.63, 3.8) is 0 Å². The van der Waals surface area contributed by atoms with Gasteiger partial charge in [0.25, 0.3) is 11.1 Å². The minimum atomic E-state index is -0.292. The number of aryl methyl sites for hydroxylation is 3. The fourth-order valence-electron chi connectivity index (χ4n) is 3.55. The highest BCUT2D eigenvalue weighted by Gasteiger charge is 2.34. The van der Waals surface area contributed by atoms with Crippen LogP contribution in [0.5, 0.6) is 11.5 Å². The summed E-state index contributed by atoms with van der Waals surface area (Å²) in [5.41, 5.74) is 5.28. The zero-order valence-corrected chi connectivity index (χ0v) is 20.4. The van der Waals surface area contributed by atoms with Crippen LogP contribution < -0.4 is 9.47 Å². The third kappa shape index (κ3) is 5.69. The molecule has 0 aromatic heterocycles. The van der Waals surface area contributed by atoms with Crippen LogP contribution in [0.25, 0.3) is 6.08 Å². The van der Waals surface area contributed by atoms with Gasteiger partial charge in [-0.05, 0) is 84.6 Å². The first-order chi connectivity index (χ1) is 16.4. The van der Waals surface area contributed by atoms with Crippen molar-refractivity contribution >= 4 is 29.0 Å². The van der Waals surface area contributed by atoms with Crippen LogP contribution in [-0.2, 0) is 11.4 Å². The molecule has 1 fully saturated rings. The van der Waals surface area contributed by atoms with Crippen molar-refractivity contribution in [2.75, 3.05) is 13.2 Å². The Morgan fingerprint density at radius 3 is 2.41 bits per heavy atom. The summed E-state index contributed by atoms with van der Waals surface area (Å²) in [7, 11) is 0. The molecule has 0 saturated carbocycles. The molecule has 1 heterocycles. The Kier molecular flexibility index (Phi) is 7.38. The number of rotatable bonds is 8. The lowest BCUT2D eigenvalue weighted by molar-refractivity contribution is -0.123. The van der Waals surface area contributed by atoms with Crippen molar-refractivity contribution in [1.82, 2.24) is 4.90 Å². The molecule has 0 N–H and O–H groups in total. The highest BCUT2D eigenvalue weighted by molar-refractivity contribution is 8.18. The van der Waals surface area contributed by atoms with Crippen LogP contribution in [0.1, 0.15) is 27.8 Å². The summed E-state index contributed by atoms with van der Waals surface area (Å²) < 4.78 is 11.7. The Labute approximate surface area is 204 Å². The van der Waals surface area contributed by atoms with Crippen LogP contribution in [0.3, 0.4) is 0 Å². The number of ether oxygens (including phenoxy) is 2. The molecule has 3 aromatic rings. The van der Waals surface area contributed by atoms with Gasteiger partial charge < -0.3 is 9.47 Å². The number of benzene rings is 3. The molecule has 1 saturated heterocycles. The number of thioether (sulfide) groups is 1. The third-order valence-electron chi connectivity index (χ3n) is 5.62. The first kappa shape index (κ1) is 23.6. The number of amides is 2. The Hall–Kier alpha value is -3.51. The van der Waals surface area contributed by atoms with E-state index in [0.29, 0.717) is 11.5 Å². The van der Waals surface area contributed by atoms with Crippen LogP contribution in [0.4, 0.5) is 4.79 Å². The predicted octanol–water partition coefficient (Wildman–Crippen LogP) is 6.31. The molecule has 6 heteroatoms. The average molecular weight is 474 g/mol. The second kappa shape index (κ2) is 10.6. The summed E-state index contributed by atoms with van der Waals surface area (Å²) >= 11 is 0.954. The zero-order valence-electron chi connectivity index (χ0n) is 19.5. The molecule has 0 spiro atoms. The molecule has 34 heavy (non-hydrogen) atoms. The first-order valence-corrected chi connectivity index (χ1v) is 11.9. The van der Waals surface area contributed by atoms with Crippen molar-refractivity contribution < 1.29 is 19.1 Å². The van der Waals surface area contributed by atoms with E-state index in [-0.39, 0.29) is 24.3 Å². The summed E-state index contributed by atoms with van der Waals surface area (Å²) in [6.07, 6.45) is 1.74. The van der Waals surface area contributed by atoms with E-state index >= 15 is 0 Å². The molecule has 0 atom stereocenters. The maximum Gasteiger partial charge on any atom is 0.293 e. The van der Waals surface area contributed by atoms with E-state index in [0.717, 1.165) is 45.5 Å². The molecule has 1 aliphatic heterocycles. The second-order valence-electron chi connectivity index (χ2n) is 8.23. The Bertz CT molecular complexity index is 1230. The smallest absolute Gasteiger partial charge is 0.293 e. The van der Waals surface area contributed by atoms with Crippen LogP contribution in [0.15, 0.2) is 71.6 Å². The SMILES string of the molecule is Cc1ccc(C)c(OCCN2C(=O)S/C(=C\c3ccc(OCc4ccccc4C)cc3)C2=O)c1. The highest BCUT2D eigenvalue weighted by Crippen LogP contribution is 2.32. The van der Waals surface area contributed by atoms with E-state index in [4.69, 9.17) is 9.47 Å². The second-order valence-corrected chi connectivity index (χ2v) is 9.23. The van der Waals surface area contributed by atoms with Gasteiger partial charge in [-0.25, -0.2) is 0 Å². The van der Waals surface area contributed by atoms with Crippen molar-refractivity contribution in [1.29, 1.82) is 0 Å². The minimum absolute atomic E-state index is 0.209. The maximum absolute atomic E-state index is 12.8. The van der Waals surface area contributed by atoms with Gasteiger partial charge in [0, 0.05) is 0 Å². The fraction of sp³-hybridized carbons (Fsp3) is 0.214. The summed E-state index contributed by atoms with van der Waals surface area (Å²) in [5.74, 6) is 1.23. The highest BCUT2D eigenvalue weighted by atomic mass is 32.2. The molecule has 0 unspecified atom stereocenters. The number of imide groups is 1. The zero-order chi connectivity index (χ0) is 24.1. The molecule has 5 nitrogen and oxygen atoms in total. The van der Waals surface area contributed by atoms with Crippen LogP contribution in [0, 0.1) is 20.8 Å². The van der Waals surface area contributed by atoms with Crippen LogP contribution in [-0.4, -0.2) is 29.2 Å². The number of hydrogen-bond donors (Lipinski definition) is 0. The van der Waals surface area contributed by atoms with Gasteiger partial charge >= 0.3 is 0 Å². The average Bonchev–Trinajstić information content (AvgIpc) is 3.09. The molecule has 2 amide bonds. The first-order valence-electron chi connectivity index (χ1n) is 11.1. The van der Waals surface area contributed by atoms with E-state index in [1.165, 1.54) is 10.5 Å². The summed E-state index contributed by atoms with van der Waals surface area (Å²) in [4.78, 5) is 26.8. The molecule has 174 valence electrons. The van der Waals surface area contributed by atoms with Crippen molar-refractivity contribution in [3.8, 4) is 11.5 Å². The summed E-state index contributed by atoms with van der Waals surface area (Å²) in [6.45, 7) is 6.98. The molecule has 4 rings (SSSR count). The van der Waals surface area contributed by atoms with E-state index in [2.05, 4.69) is 13.0 Å². The van der Waals surface area contributed by atoms with E-state index < -0.39 is 0 Å². The van der Waals surface area contributed by atoms with Gasteiger partial charge in [0.05, 0.1) is 11.4 Å². The number of carbonyl (C=O) groups excluding carboxylic acids is 2. The van der Waals surface area contributed by atoms with E-state index in [1.54, 1.807) is 6.08 Å². The number of carbonyl (C=O) groups is 2. The van der Waals surface area contributed by atoms with Gasteiger partial charge in [-0.15, -0.1) is 0 Å². The maximum atomic E-state index is 12.8. The van der Waals surface area contributed by atoms with Crippen LogP contribution >= 0.6 is 11.8 Å².